The summed E-state index contributed by atoms with van der Waals surface area (Å²) in [5, 5.41) is 14.3. The Morgan fingerprint density at radius 2 is 2.12 bits per heavy atom. The summed E-state index contributed by atoms with van der Waals surface area (Å²) in [5.74, 6) is -0.256. The van der Waals surface area contributed by atoms with Crippen LogP contribution in [0.1, 0.15) is 32.8 Å². The molecule has 0 aliphatic carbocycles. The van der Waals surface area contributed by atoms with Crippen molar-refractivity contribution < 1.29 is 18.8 Å². The number of nitrogens with zero attached hydrogens (tertiary/aromatic N) is 3. The third kappa shape index (κ3) is 3.33. The van der Waals surface area contributed by atoms with Crippen molar-refractivity contribution in [1.29, 1.82) is 0 Å². The highest BCUT2D eigenvalue weighted by Crippen LogP contribution is 2.28. The maximum absolute atomic E-state index is 12.1. The number of amides is 2. The van der Waals surface area contributed by atoms with Crippen molar-refractivity contribution in [2.75, 3.05) is 13.7 Å². The van der Waals surface area contributed by atoms with Gasteiger partial charge in [-0.3, -0.25) is 14.3 Å². The van der Waals surface area contributed by atoms with Crippen LogP contribution < -0.4 is 15.4 Å². The van der Waals surface area contributed by atoms with Gasteiger partial charge in [-0.25, -0.2) is 0 Å². The molecule has 0 aromatic carbocycles. The molecule has 0 bridgehead atoms. The predicted octanol–water partition coefficient (Wildman–Crippen LogP) is 1.31. The number of carbonyl (C=O) groups excluding carboxylic acids is 2. The fourth-order valence-electron chi connectivity index (χ4n) is 2.31. The molecule has 0 aliphatic rings. The van der Waals surface area contributed by atoms with Crippen LogP contribution in [0, 0.1) is 0 Å². The Bertz CT molecular complexity index is 926. The lowest BCUT2D eigenvalue weighted by molar-refractivity contribution is 0.0912. The van der Waals surface area contributed by atoms with E-state index in [1.165, 1.54) is 24.5 Å². The van der Waals surface area contributed by atoms with E-state index < -0.39 is 5.91 Å². The van der Waals surface area contributed by atoms with Gasteiger partial charge in [0.05, 0.1) is 30.3 Å². The maximum atomic E-state index is 12.1. The summed E-state index contributed by atoms with van der Waals surface area (Å²) in [6.07, 6.45) is 0. The summed E-state index contributed by atoms with van der Waals surface area (Å²) in [6, 6.07) is 3.19. The van der Waals surface area contributed by atoms with Gasteiger partial charge >= 0.3 is 0 Å². The molecule has 0 spiro atoms. The van der Waals surface area contributed by atoms with Crippen molar-refractivity contribution in [3.8, 4) is 5.88 Å². The molecule has 3 heterocycles. The molecule has 3 aromatic heterocycles. The highest BCUT2D eigenvalue weighted by Gasteiger charge is 2.18. The van der Waals surface area contributed by atoms with Crippen LogP contribution >= 0.6 is 11.3 Å². The van der Waals surface area contributed by atoms with Gasteiger partial charge in [0.2, 0.25) is 5.76 Å². The van der Waals surface area contributed by atoms with Crippen molar-refractivity contribution in [3.63, 3.8) is 0 Å². The predicted molar refractivity (Wildman–Crippen MR) is 90.8 cm³/mol. The minimum atomic E-state index is -0.422. The monoisotopic (exact) mass is 363 g/mol. The van der Waals surface area contributed by atoms with Gasteiger partial charge < -0.3 is 19.9 Å². The number of aromatic nitrogens is 3. The van der Waals surface area contributed by atoms with Gasteiger partial charge in [0.1, 0.15) is 4.83 Å². The molecule has 0 radical (unpaired) electrons. The smallest absolute Gasteiger partial charge is 0.290 e. The normalized spacial score (nSPS) is 10.8. The minimum absolute atomic E-state index is 0.0531. The van der Waals surface area contributed by atoms with Crippen LogP contribution in [0.3, 0.4) is 0 Å². The van der Waals surface area contributed by atoms with Crippen molar-refractivity contribution in [3.05, 3.63) is 28.5 Å². The van der Waals surface area contributed by atoms with Crippen LogP contribution in [0.5, 0.6) is 5.88 Å². The Morgan fingerprint density at radius 1 is 1.32 bits per heavy atom. The number of hydrogen-bond donors (Lipinski definition) is 2. The molecule has 0 saturated carbocycles. The Kier molecular flexibility index (Phi) is 4.70. The molecule has 0 unspecified atom stereocenters. The Hall–Kier alpha value is -2.88. The number of rotatable bonds is 6. The number of aryl methyl sites for hydroxylation is 1. The first-order chi connectivity index (χ1) is 12.0. The van der Waals surface area contributed by atoms with Gasteiger partial charge in [-0.2, -0.15) is 5.10 Å². The van der Waals surface area contributed by atoms with E-state index >= 15 is 0 Å². The molecule has 0 aliphatic heterocycles. The summed E-state index contributed by atoms with van der Waals surface area (Å²) in [6.45, 7) is 2.63. The van der Waals surface area contributed by atoms with E-state index in [0.717, 1.165) is 10.2 Å². The van der Waals surface area contributed by atoms with Crippen LogP contribution in [0.2, 0.25) is 0 Å². The standard InChI is InChI=1S/C15H17N5O4S/c1-4-16-14(22)11-5-8-9(18-20(2)15(8)25-11)7-17-13(21)10-6-12(23-3)19-24-10/h5-6H,4,7H2,1-3H3,(H,16,22)(H,17,21). The Morgan fingerprint density at radius 3 is 2.80 bits per heavy atom. The molecular weight excluding hydrogens is 346 g/mol. The zero-order valence-electron chi connectivity index (χ0n) is 14.0. The number of fused-ring (bicyclic) bond motifs is 1. The lowest BCUT2D eigenvalue weighted by Crippen LogP contribution is -2.23. The van der Waals surface area contributed by atoms with Crippen molar-refractivity contribution in [1.82, 2.24) is 25.6 Å². The number of nitrogens with one attached hydrogen (secondary N) is 2. The molecule has 2 N–H and O–H groups in total. The minimum Gasteiger partial charge on any atom is -0.479 e. The van der Waals surface area contributed by atoms with E-state index in [1.54, 1.807) is 17.8 Å². The van der Waals surface area contributed by atoms with Crippen molar-refractivity contribution in [2.45, 2.75) is 13.5 Å². The summed E-state index contributed by atoms with van der Waals surface area (Å²) in [4.78, 5) is 25.6. The second kappa shape index (κ2) is 6.93. The number of thiophene rings is 1. The van der Waals surface area contributed by atoms with E-state index in [4.69, 9.17) is 9.26 Å². The first kappa shape index (κ1) is 17.0. The summed E-state index contributed by atoms with van der Waals surface area (Å²) in [7, 11) is 3.24. The zero-order chi connectivity index (χ0) is 18.0. The average molecular weight is 363 g/mol. The first-order valence-electron chi connectivity index (χ1n) is 7.56. The molecule has 25 heavy (non-hydrogen) atoms. The molecule has 9 nitrogen and oxygen atoms in total. The van der Waals surface area contributed by atoms with Gasteiger partial charge in [0.25, 0.3) is 17.7 Å². The fourth-order valence-corrected chi connectivity index (χ4v) is 3.32. The SMILES string of the molecule is CCNC(=O)c1cc2c(CNC(=O)c3cc(OC)no3)nn(C)c2s1. The molecule has 2 amide bonds. The van der Waals surface area contributed by atoms with E-state index in [-0.39, 0.29) is 24.1 Å². The van der Waals surface area contributed by atoms with Gasteiger partial charge in [0.15, 0.2) is 0 Å². The van der Waals surface area contributed by atoms with E-state index in [9.17, 15) is 9.59 Å². The summed E-state index contributed by atoms with van der Waals surface area (Å²) < 4.78 is 11.5. The molecule has 3 aromatic rings. The van der Waals surface area contributed by atoms with E-state index in [0.29, 0.717) is 17.1 Å². The molecular formula is C15H17N5O4S. The third-order valence-corrected chi connectivity index (χ3v) is 4.69. The van der Waals surface area contributed by atoms with Crippen LogP contribution in [-0.2, 0) is 13.6 Å². The molecule has 10 heteroatoms. The first-order valence-corrected chi connectivity index (χ1v) is 8.37. The third-order valence-electron chi connectivity index (χ3n) is 3.49. The maximum Gasteiger partial charge on any atom is 0.290 e. The quantitative estimate of drug-likeness (QED) is 0.683. The van der Waals surface area contributed by atoms with Crippen molar-refractivity contribution in [2.24, 2.45) is 7.05 Å². The highest BCUT2D eigenvalue weighted by molar-refractivity contribution is 7.20. The largest absolute Gasteiger partial charge is 0.479 e. The molecule has 0 atom stereocenters. The lowest BCUT2D eigenvalue weighted by atomic mass is 10.2. The highest BCUT2D eigenvalue weighted by atomic mass is 32.1. The number of methoxy groups -OCH3 is 1. The van der Waals surface area contributed by atoms with Crippen molar-refractivity contribution >= 4 is 33.4 Å². The van der Waals surface area contributed by atoms with E-state index in [2.05, 4.69) is 20.9 Å². The van der Waals surface area contributed by atoms with Crippen LogP contribution in [0.4, 0.5) is 0 Å². The second-order valence-corrected chi connectivity index (χ2v) is 6.21. The van der Waals surface area contributed by atoms with Crippen LogP contribution in [0.15, 0.2) is 16.7 Å². The molecule has 0 saturated heterocycles. The van der Waals surface area contributed by atoms with Crippen LogP contribution in [-0.4, -0.2) is 40.4 Å². The molecule has 0 fully saturated rings. The average Bonchev–Trinajstić information content (AvgIpc) is 3.30. The molecule has 3 rings (SSSR count). The van der Waals surface area contributed by atoms with Crippen LogP contribution in [0.25, 0.3) is 10.2 Å². The van der Waals surface area contributed by atoms with Gasteiger partial charge in [-0.05, 0) is 18.1 Å². The number of carbonyl (C=O) groups is 2. The topological polar surface area (TPSA) is 111 Å². The van der Waals surface area contributed by atoms with Gasteiger partial charge in [0, 0.05) is 19.0 Å². The van der Waals surface area contributed by atoms with Gasteiger partial charge in [-0.1, -0.05) is 0 Å². The van der Waals surface area contributed by atoms with E-state index in [1.807, 2.05) is 6.92 Å². The fraction of sp³-hybridized carbons (Fsp3) is 0.333. The molecule has 132 valence electrons. The van der Waals surface area contributed by atoms with Gasteiger partial charge in [-0.15, -0.1) is 11.3 Å². The Labute approximate surface area is 146 Å². The Balaban J connectivity index is 1.76. The second-order valence-electron chi connectivity index (χ2n) is 5.18. The number of hydrogen-bond acceptors (Lipinski definition) is 7. The summed E-state index contributed by atoms with van der Waals surface area (Å²) >= 11 is 1.36. The number of ether oxygens (including phenoxy) is 1. The zero-order valence-corrected chi connectivity index (χ0v) is 14.8. The lowest BCUT2D eigenvalue weighted by Gasteiger charge is -2.00. The summed E-state index contributed by atoms with van der Waals surface area (Å²) in [5.41, 5.74) is 0.670.